The van der Waals surface area contributed by atoms with Crippen LogP contribution in [0.5, 0.6) is 5.75 Å². The van der Waals surface area contributed by atoms with Gasteiger partial charge in [0.25, 0.3) is 0 Å². The van der Waals surface area contributed by atoms with Crippen molar-refractivity contribution < 1.29 is 9.47 Å². The molecule has 94 valence electrons. The minimum atomic E-state index is 0.0456. The summed E-state index contributed by atoms with van der Waals surface area (Å²) in [5.41, 5.74) is 1.20. The summed E-state index contributed by atoms with van der Waals surface area (Å²) < 4.78 is 13.3. The first-order chi connectivity index (χ1) is 8.33. The minimum Gasteiger partial charge on any atom is -0.497 e. The molecule has 2 rings (SSSR count). The van der Waals surface area contributed by atoms with E-state index >= 15 is 0 Å². The highest BCUT2D eigenvalue weighted by atomic mass is 32.9. The fourth-order valence-corrected chi connectivity index (χ4v) is 4.36. The molecule has 2 atom stereocenters. The standard InChI is InChI=1S/C11H16NO2PS2/c1-13-10-4-2-9(3-5-10)11-8-12(17-15-16)6-7-14-11/h2-5,11H,6-8,15H2,1H3. The molecule has 0 aromatic heterocycles. The summed E-state index contributed by atoms with van der Waals surface area (Å²) >= 11 is 6.85. The van der Waals surface area contributed by atoms with Crippen LogP contribution in [0.3, 0.4) is 0 Å². The molecular weight excluding hydrogens is 273 g/mol. The Morgan fingerprint density at radius 1 is 1.47 bits per heavy atom. The first-order valence-corrected chi connectivity index (χ1v) is 9.58. The van der Waals surface area contributed by atoms with Gasteiger partial charge < -0.3 is 9.47 Å². The Labute approximate surface area is 112 Å². The van der Waals surface area contributed by atoms with Gasteiger partial charge in [0.1, 0.15) is 5.75 Å². The Bertz CT molecular complexity index is 374. The molecule has 0 aliphatic carbocycles. The van der Waals surface area contributed by atoms with Crippen LogP contribution in [0.1, 0.15) is 11.7 Å². The van der Waals surface area contributed by atoms with E-state index in [1.807, 2.05) is 12.1 Å². The van der Waals surface area contributed by atoms with Crippen LogP contribution in [-0.2, 0) is 16.5 Å². The maximum absolute atomic E-state index is 5.79. The average Bonchev–Trinajstić information content (AvgIpc) is 2.40. The van der Waals surface area contributed by atoms with Crippen molar-refractivity contribution in [2.24, 2.45) is 0 Å². The van der Waals surface area contributed by atoms with E-state index < -0.39 is 0 Å². The van der Waals surface area contributed by atoms with Gasteiger partial charge in [-0.25, -0.2) is 4.31 Å². The number of morpholine rings is 1. The van der Waals surface area contributed by atoms with Gasteiger partial charge in [-0.05, 0) is 35.8 Å². The lowest BCUT2D eigenvalue weighted by Crippen LogP contribution is -2.32. The smallest absolute Gasteiger partial charge is 0.118 e. The molecule has 1 saturated heterocycles. The third kappa shape index (κ3) is 3.70. The van der Waals surface area contributed by atoms with Crippen LogP contribution < -0.4 is 4.74 Å². The van der Waals surface area contributed by atoms with Gasteiger partial charge in [0.15, 0.2) is 0 Å². The van der Waals surface area contributed by atoms with Crippen molar-refractivity contribution in [3.05, 3.63) is 29.8 Å². The molecule has 17 heavy (non-hydrogen) atoms. The molecule has 1 aromatic carbocycles. The predicted octanol–water partition coefficient (Wildman–Crippen LogP) is 2.50. The molecular formula is C11H16NO2PS2. The maximum atomic E-state index is 5.79. The second kappa shape index (κ2) is 6.76. The zero-order valence-electron chi connectivity index (χ0n) is 9.67. The van der Waals surface area contributed by atoms with Crippen LogP contribution in [0.15, 0.2) is 24.3 Å². The van der Waals surface area contributed by atoms with Crippen molar-refractivity contribution in [3.63, 3.8) is 0 Å². The third-order valence-corrected chi connectivity index (χ3v) is 5.35. The summed E-state index contributed by atoms with van der Waals surface area (Å²) in [5, 5.41) is 0. The van der Waals surface area contributed by atoms with E-state index in [9.17, 15) is 0 Å². The van der Waals surface area contributed by atoms with Crippen molar-refractivity contribution in [2.75, 3.05) is 26.8 Å². The van der Waals surface area contributed by atoms with Gasteiger partial charge in [0, 0.05) is 13.1 Å². The monoisotopic (exact) mass is 289 g/mol. The van der Waals surface area contributed by atoms with Crippen LogP contribution in [0.2, 0.25) is 0 Å². The molecule has 0 spiro atoms. The molecule has 3 nitrogen and oxygen atoms in total. The second-order valence-electron chi connectivity index (χ2n) is 3.72. The molecule has 1 aromatic rings. The molecule has 2 unspecified atom stereocenters. The number of rotatable bonds is 4. The number of ether oxygens (including phenoxy) is 2. The highest BCUT2D eigenvalue weighted by Crippen LogP contribution is 2.31. The van der Waals surface area contributed by atoms with Crippen LogP contribution in [-0.4, -0.2) is 31.1 Å². The zero-order chi connectivity index (χ0) is 12.1. The molecule has 1 aliphatic rings. The van der Waals surface area contributed by atoms with E-state index in [0.29, 0.717) is 0 Å². The van der Waals surface area contributed by atoms with Crippen LogP contribution in [0.25, 0.3) is 0 Å². The van der Waals surface area contributed by atoms with Crippen molar-refractivity contribution in [3.8, 4) is 5.75 Å². The predicted molar refractivity (Wildman–Crippen MR) is 77.9 cm³/mol. The lowest BCUT2D eigenvalue weighted by molar-refractivity contribution is 0.000991. The molecule has 0 N–H and O–H groups in total. The molecule has 6 heteroatoms. The lowest BCUT2D eigenvalue weighted by atomic mass is 10.1. The first kappa shape index (κ1) is 13.4. The summed E-state index contributed by atoms with van der Waals surface area (Å²) in [6.45, 7) is 2.71. The Morgan fingerprint density at radius 2 is 2.24 bits per heavy atom. The van der Waals surface area contributed by atoms with Gasteiger partial charge in [-0.2, -0.15) is 0 Å². The van der Waals surface area contributed by atoms with E-state index in [4.69, 9.17) is 21.3 Å². The summed E-state index contributed by atoms with van der Waals surface area (Å²) in [7, 11) is 1.68. The highest BCUT2D eigenvalue weighted by molar-refractivity contribution is 8.56. The number of benzene rings is 1. The zero-order valence-corrected chi connectivity index (χ0v) is 12.5. The van der Waals surface area contributed by atoms with Gasteiger partial charge >= 0.3 is 0 Å². The minimum absolute atomic E-state index is 0.0456. The van der Waals surface area contributed by atoms with Gasteiger partial charge in [0.05, 0.1) is 19.8 Å². The lowest BCUT2D eigenvalue weighted by Gasteiger charge is -2.31. The molecule has 0 bridgehead atoms. The van der Waals surface area contributed by atoms with Gasteiger partial charge in [0.2, 0.25) is 0 Å². The normalized spacial score (nSPS) is 22.1. The summed E-state index contributed by atoms with van der Waals surface area (Å²) in [5.74, 6) is 0.880. The van der Waals surface area contributed by atoms with Crippen LogP contribution >= 0.6 is 18.1 Å². The molecule has 1 aliphatic heterocycles. The number of nitrogens with zero attached hydrogens (tertiary/aromatic N) is 1. The quantitative estimate of drug-likeness (QED) is 0.625. The van der Waals surface area contributed by atoms with Crippen molar-refractivity contribution in [1.82, 2.24) is 4.31 Å². The number of methoxy groups -OCH3 is 1. The van der Waals surface area contributed by atoms with Gasteiger partial charge in [-0.1, -0.05) is 23.9 Å². The van der Waals surface area contributed by atoms with Crippen molar-refractivity contribution >= 4 is 29.9 Å². The van der Waals surface area contributed by atoms with E-state index in [0.717, 1.165) is 25.4 Å². The van der Waals surface area contributed by atoms with Gasteiger partial charge in [-0.15, -0.1) is 0 Å². The van der Waals surface area contributed by atoms with E-state index in [2.05, 4.69) is 16.4 Å². The molecule has 0 radical (unpaired) electrons. The Hall–Kier alpha value is -0.0600. The van der Waals surface area contributed by atoms with Gasteiger partial charge in [-0.3, -0.25) is 0 Å². The molecule has 1 heterocycles. The van der Waals surface area contributed by atoms with E-state index in [-0.39, 0.29) is 12.7 Å². The SMILES string of the molecule is COc1ccc(C2CN(S[PH2]=S)CCO2)cc1. The number of hydrogen-bond donors (Lipinski definition) is 0. The summed E-state index contributed by atoms with van der Waals surface area (Å²) in [4.78, 5) is 0. The van der Waals surface area contributed by atoms with E-state index in [1.54, 1.807) is 18.7 Å². The number of hydrogen-bond acceptors (Lipinski definition) is 5. The van der Waals surface area contributed by atoms with Crippen molar-refractivity contribution in [1.29, 1.82) is 0 Å². The summed E-state index contributed by atoms with van der Waals surface area (Å²) in [6, 6.07) is 8.09. The fourth-order valence-electron chi connectivity index (χ4n) is 1.80. The second-order valence-corrected chi connectivity index (χ2v) is 7.58. The Morgan fingerprint density at radius 3 is 2.88 bits per heavy atom. The fraction of sp³-hybridized carbons (Fsp3) is 0.455. The van der Waals surface area contributed by atoms with Crippen LogP contribution in [0.4, 0.5) is 0 Å². The molecule has 0 saturated carbocycles. The first-order valence-electron chi connectivity index (χ1n) is 5.44. The molecule has 1 fully saturated rings. The Kier molecular flexibility index (Phi) is 5.32. The third-order valence-electron chi connectivity index (χ3n) is 2.71. The van der Waals surface area contributed by atoms with Crippen molar-refractivity contribution in [2.45, 2.75) is 6.10 Å². The average molecular weight is 289 g/mol. The maximum Gasteiger partial charge on any atom is 0.118 e. The Balaban J connectivity index is 2.02. The van der Waals surface area contributed by atoms with Crippen LogP contribution in [0, 0.1) is 0 Å². The summed E-state index contributed by atoms with van der Waals surface area (Å²) in [6.07, 6.45) is 0.156. The molecule has 0 amide bonds. The largest absolute Gasteiger partial charge is 0.497 e. The van der Waals surface area contributed by atoms with E-state index in [1.165, 1.54) is 5.56 Å². The topological polar surface area (TPSA) is 21.7 Å². The highest BCUT2D eigenvalue weighted by Gasteiger charge is 2.21.